The fourth-order valence-electron chi connectivity index (χ4n) is 3.91. The first-order chi connectivity index (χ1) is 13.6. The molecule has 7 nitrogen and oxygen atoms in total. The minimum absolute atomic E-state index is 0.138. The second-order valence-electron chi connectivity index (χ2n) is 7.03. The van der Waals surface area contributed by atoms with Gasteiger partial charge in [0.05, 0.1) is 24.7 Å². The van der Waals surface area contributed by atoms with E-state index in [1.165, 1.54) is 11.1 Å². The number of ether oxygens (including phenoxy) is 1. The van der Waals surface area contributed by atoms with Crippen LogP contribution in [0.25, 0.3) is 22.4 Å². The van der Waals surface area contributed by atoms with E-state index in [4.69, 9.17) is 21.2 Å². The standard InChI is InChI=1S/C21H20N6O/c1-28-15-4-5-16-12(8-15)2-7-19(16)27-21-13(11-25-27)10-24-20(26-21)17-9-14(22)3-6-18(17)23/h3-6,8-11,19H,2,7,22-23H2,1H3. The highest BCUT2D eigenvalue weighted by Crippen LogP contribution is 2.37. The van der Waals surface area contributed by atoms with Gasteiger partial charge in [0.15, 0.2) is 11.5 Å². The number of aryl methyl sites for hydroxylation is 1. The molecule has 28 heavy (non-hydrogen) atoms. The Balaban J connectivity index is 1.62. The summed E-state index contributed by atoms with van der Waals surface area (Å²) in [6.07, 6.45) is 5.55. The molecule has 4 N–H and O–H groups in total. The van der Waals surface area contributed by atoms with E-state index in [1.54, 1.807) is 31.5 Å². The minimum atomic E-state index is 0.138. The van der Waals surface area contributed by atoms with Gasteiger partial charge in [-0.1, -0.05) is 6.07 Å². The Morgan fingerprint density at radius 1 is 1.11 bits per heavy atom. The summed E-state index contributed by atoms with van der Waals surface area (Å²) < 4.78 is 7.34. The molecule has 0 saturated carbocycles. The van der Waals surface area contributed by atoms with Crippen LogP contribution in [-0.4, -0.2) is 26.9 Å². The monoisotopic (exact) mass is 372 g/mol. The van der Waals surface area contributed by atoms with Crippen molar-refractivity contribution in [3.05, 3.63) is 59.9 Å². The van der Waals surface area contributed by atoms with E-state index >= 15 is 0 Å². The number of nitrogens with two attached hydrogens (primary N) is 2. The van der Waals surface area contributed by atoms with Gasteiger partial charge in [-0.05, 0) is 54.3 Å². The number of hydrogen-bond donors (Lipinski definition) is 2. The van der Waals surface area contributed by atoms with Crippen LogP contribution in [0, 0.1) is 0 Å². The smallest absolute Gasteiger partial charge is 0.163 e. The summed E-state index contributed by atoms with van der Waals surface area (Å²) in [7, 11) is 1.69. The first kappa shape index (κ1) is 16.6. The van der Waals surface area contributed by atoms with E-state index in [-0.39, 0.29) is 6.04 Å². The highest BCUT2D eigenvalue weighted by molar-refractivity contribution is 5.80. The van der Waals surface area contributed by atoms with Crippen LogP contribution in [0.4, 0.5) is 11.4 Å². The first-order valence-corrected chi connectivity index (χ1v) is 9.16. The van der Waals surface area contributed by atoms with Crippen molar-refractivity contribution >= 4 is 22.4 Å². The average Bonchev–Trinajstić information content (AvgIpc) is 3.32. The SMILES string of the molecule is COc1ccc2c(c1)CCC2n1ncc2cnc(-c3cc(N)ccc3N)nc21. The van der Waals surface area contributed by atoms with Crippen molar-refractivity contribution in [2.24, 2.45) is 0 Å². The molecule has 0 bridgehead atoms. The number of hydrogen-bond acceptors (Lipinski definition) is 6. The van der Waals surface area contributed by atoms with E-state index < -0.39 is 0 Å². The molecule has 5 rings (SSSR count). The summed E-state index contributed by atoms with van der Waals surface area (Å²) >= 11 is 0. The summed E-state index contributed by atoms with van der Waals surface area (Å²) in [5.41, 5.74) is 17.3. The summed E-state index contributed by atoms with van der Waals surface area (Å²) in [6.45, 7) is 0. The largest absolute Gasteiger partial charge is 0.497 e. The molecule has 2 heterocycles. The number of nitrogens with zero attached hydrogens (tertiary/aromatic N) is 4. The lowest BCUT2D eigenvalue weighted by atomic mass is 10.1. The third-order valence-electron chi connectivity index (χ3n) is 5.34. The molecule has 1 aliphatic carbocycles. The van der Waals surface area contributed by atoms with Crippen LogP contribution in [0.1, 0.15) is 23.6 Å². The molecule has 0 radical (unpaired) electrons. The molecule has 0 aliphatic heterocycles. The Morgan fingerprint density at radius 3 is 2.86 bits per heavy atom. The zero-order chi connectivity index (χ0) is 19.3. The molecular formula is C21H20N6O. The zero-order valence-corrected chi connectivity index (χ0v) is 15.5. The van der Waals surface area contributed by atoms with E-state index in [1.807, 2.05) is 16.9 Å². The minimum Gasteiger partial charge on any atom is -0.497 e. The van der Waals surface area contributed by atoms with Crippen LogP contribution in [0.2, 0.25) is 0 Å². The summed E-state index contributed by atoms with van der Waals surface area (Å²) in [6, 6.07) is 11.7. The van der Waals surface area contributed by atoms with Crippen molar-refractivity contribution < 1.29 is 4.74 Å². The lowest BCUT2D eigenvalue weighted by Gasteiger charge is -2.14. The molecule has 2 aromatic carbocycles. The number of aromatic nitrogens is 4. The van der Waals surface area contributed by atoms with E-state index in [9.17, 15) is 0 Å². The fourth-order valence-corrected chi connectivity index (χ4v) is 3.91. The molecule has 7 heteroatoms. The molecule has 2 aromatic heterocycles. The van der Waals surface area contributed by atoms with Gasteiger partial charge in [0, 0.05) is 23.1 Å². The molecular weight excluding hydrogens is 352 g/mol. The van der Waals surface area contributed by atoms with Crippen LogP contribution in [0.3, 0.4) is 0 Å². The number of fused-ring (bicyclic) bond motifs is 2. The maximum absolute atomic E-state index is 6.12. The van der Waals surface area contributed by atoms with Gasteiger partial charge < -0.3 is 16.2 Å². The molecule has 0 spiro atoms. The molecule has 0 saturated heterocycles. The van der Waals surface area contributed by atoms with Gasteiger partial charge in [-0.3, -0.25) is 0 Å². The van der Waals surface area contributed by atoms with Crippen LogP contribution in [0.15, 0.2) is 48.8 Å². The molecule has 1 unspecified atom stereocenters. The Kier molecular flexibility index (Phi) is 3.68. The predicted molar refractivity (Wildman–Crippen MR) is 109 cm³/mol. The third kappa shape index (κ3) is 2.55. The summed E-state index contributed by atoms with van der Waals surface area (Å²) in [5.74, 6) is 1.43. The average molecular weight is 372 g/mol. The van der Waals surface area contributed by atoms with Crippen molar-refractivity contribution in [3.63, 3.8) is 0 Å². The maximum atomic E-state index is 6.12. The fraction of sp³-hybridized carbons (Fsp3) is 0.190. The van der Waals surface area contributed by atoms with E-state index in [0.717, 1.165) is 35.2 Å². The van der Waals surface area contributed by atoms with Crippen molar-refractivity contribution in [2.45, 2.75) is 18.9 Å². The highest BCUT2D eigenvalue weighted by Gasteiger charge is 2.27. The number of anilines is 2. The number of benzene rings is 2. The van der Waals surface area contributed by atoms with E-state index in [2.05, 4.69) is 22.2 Å². The molecule has 140 valence electrons. The van der Waals surface area contributed by atoms with Gasteiger partial charge in [-0.25, -0.2) is 14.6 Å². The topological polar surface area (TPSA) is 105 Å². The number of rotatable bonds is 3. The van der Waals surface area contributed by atoms with Crippen molar-refractivity contribution in [3.8, 4) is 17.1 Å². The molecule has 4 aromatic rings. The molecule has 1 atom stereocenters. The van der Waals surface area contributed by atoms with Gasteiger partial charge in [0.25, 0.3) is 0 Å². The predicted octanol–water partition coefficient (Wildman–Crippen LogP) is 3.20. The highest BCUT2D eigenvalue weighted by atomic mass is 16.5. The normalized spacial score (nSPS) is 15.7. The number of methoxy groups -OCH3 is 1. The van der Waals surface area contributed by atoms with Crippen molar-refractivity contribution in [1.29, 1.82) is 0 Å². The van der Waals surface area contributed by atoms with Crippen LogP contribution < -0.4 is 16.2 Å². The lowest BCUT2D eigenvalue weighted by molar-refractivity contribution is 0.414. The summed E-state index contributed by atoms with van der Waals surface area (Å²) in [5, 5.41) is 5.52. The Bertz CT molecular complexity index is 1200. The Labute approximate surface area is 162 Å². The molecule has 0 fully saturated rings. The molecule has 1 aliphatic rings. The van der Waals surface area contributed by atoms with Gasteiger partial charge in [0.1, 0.15) is 5.75 Å². The maximum Gasteiger partial charge on any atom is 0.163 e. The van der Waals surface area contributed by atoms with E-state index in [0.29, 0.717) is 17.2 Å². The second kappa shape index (κ2) is 6.23. The summed E-state index contributed by atoms with van der Waals surface area (Å²) in [4.78, 5) is 9.26. The van der Waals surface area contributed by atoms with Gasteiger partial charge in [-0.2, -0.15) is 5.10 Å². The Hall–Kier alpha value is -3.61. The second-order valence-corrected chi connectivity index (χ2v) is 7.03. The lowest BCUT2D eigenvalue weighted by Crippen LogP contribution is -2.10. The molecule has 0 amide bonds. The van der Waals surface area contributed by atoms with Crippen LogP contribution >= 0.6 is 0 Å². The first-order valence-electron chi connectivity index (χ1n) is 9.16. The third-order valence-corrected chi connectivity index (χ3v) is 5.34. The van der Waals surface area contributed by atoms with Crippen molar-refractivity contribution in [1.82, 2.24) is 19.7 Å². The van der Waals surface area contributed by atoms with Gasteiger partial charge in [-0.15, -0.1) is 0 Å². The van der Waals surface area contributed by atoms with Crippen molar-refractivity contribution in [2.75, 3.05) is 18.6 Å². The van der Waals surface area contributed by atoms with Crippen LogP contribution in [-0.2, 0) is 6.42 Å². The zero-order valence-electron chi connectivity index (χ0n) is 15.5. The Morgan fingerprint density at radius 2 is 2.00 bits per heavy atom. The van der Waals surface area contributed by atoms with Gasteiger partial charge >= 0.3 is 0 Å². The van der Waals surface area contributed by atoms with Gasteiger partial charge in [0.2, 0.25) is 0 Å². The van der Waals surface area contributed by atoms with Crippen LogP contribution in [0.5, 0.6) is 5.75 Å². The number of nitrogen functional groups attached to an aromatic ring is 2. The quantitative estimate of drug-likeness (QED) is 0.535.